The van der Waals surface area contributed by atoms with Crippen LogP contribution in [0.1, 0.15) is 16.8 Å². The summed E-state index contributed by atoms with van der Waals surface area (Å²) in [6.07, 6.45) is 3.05. The minimum absolute atomic E-state index is 0.568. The van der Waals surface area contributed by atoms with Crippen molar-refractivity contribution in [3.8, 4) is 0 Å². The smallest absolute Gasteiger partial charge is 0.0991 e. The van der Waals surface area contributed by atoms with Gasteiger partial charge in [0.05, 0.1) is 5.60 Å². The number of H-pyrrole nitrogens is 1. The Hall–Kier alpha value is -2.32. The second-order valence-corrected chi connectivity index (χ2v) is 5.43. The monoisotopic (exact) mass is 277 g/mol. The summed E-state index contributed by atoms with van der Waals surface area (Å²) in [5, 5.41) is 11.3. The lowest BCUT2D eigenvalue weighted by atomic mass is 9.83. The van der Waals surface area contributed by atoms with Gasteiger partial charge < -0.3 is 10.1 Å². The standard InChI is InChI=1S/C19H19NO/c21-19(15-18-12-7-13-20-18,17-10-5-2-6-11-17)14-16-8-3-1-4-9-16/h1-13,20-21H,14-15H2. The quantitative estimate of drug-likeness (QED) is 0.733. The summed E-state index contributed by atoms with van der Waals surface area (Å²) in [5.74, 6) is 0. The van der Waals surface area contributed by atoms with Crippen LogP contribution in [-0.2, 0) is 18.4 Å². The highest BCUT2D eigenvalue weighted by Crippen LogP contribution is 2.29. The molecule has 2 aromatic carbocycles. The minimum Gasteiger partial charge on any atom is -0.384 e. The summed E-state index contributed by atoms with van der Waals surface area (Å²) in [6.45, 7) is 0. The fraction of sp³-hybridized carbons (Fsp3) is 0.158. The molecule has 0 saturated heterocycles. The molecule has 3 aromatic rings. The molecule has 106 valence electrons. The van der Waals surface area contributed by atoms with Gasteiger partial charge in [-0.15, -0.1) is 0 Å². The predicted octanol–water partition coefficient (Wildman–Crippen LogP) is 3.69. The van der Waals surface area contributed by atoms with E-state index in [1.165, 1.54) is 0 Å². The van der Waals surface area contributed by atoms with Crippen molar-refractivity contribution in [1.82, 2.24) is 4.98 Å². The van der Waals surface area contributed by atoms with E-state index < -0.39 is 5.60 Å². The molecule has 1 unspecified atom stereocenters. The van der Waals surface area contributed by atoms with Gasteiger partial charge in [-0.25, -0.2) is 0 Å². The minimum atomic E-state index is -0.909. The predicted molar refractivity (Wildman–Crippen MR) is 85.0 cm³/mol. The van der Waals surface area contributed by atoms with E-state index in [4.69, 9.17) is 0 Å². The van der Waals surface area contributed by atoms with E-state index in [2.05, 4.69) is 17.1 Å². The maximum atomic E-state index is 11.3. The lowest BCUT2D eigenvalue weighted by Gasteiger charge is -2.29. The highest BCUT2D eigenvalue weighted by molar-refractivity contribution is 5.29. The first-order valence-electron chi connectivity index (χ1n) is 7.20. The number of rotatable bonds is 5. The Morgan fingerprint density at radius 2 is 1.43 bits per heavy atom. The molecule has 2 N–H and O–H groups in total. The Bertz CT molecular complexity index is 661. The zero-order valence-electron chi connectivity index (χ0n) is 11.9. The van der Waals surface area contributed by atoms with Gasteiger partial charge in [-0.3, -0.25) is 0 Å². The number of hydrogen-bond acceptors (Lipinski definition) is 1. The first kappa shape index (κ1) is 13.7. The summed E-state index contributed by atoms with van der Waals surface area (Å²) in [7, 11) is 0. The Morgan fingerprint density at radius 3 is 2.05 bits per heavy atom. The van der Waals surface area contributed by atoms with Crippen molar-refractivity contribution in [2.75, 3.05) is 0 Å². The van der Waals surface area contributed by atoms with Gasteiger partial charge >= 0.3 is 0 Å². The van der Waals surface area contributed by atoms with Crippen molar-refractivity contribution in [1.29, 1.82) is 0 Å². The molecule has 1 aromatic heterocycles. The van der Waals surface area contributed by atoms with E-state index in [0.717, 1.165) is 16.8 Å². The molecule has 0 aliphatic carbocycles. The van der Waals surface area contributed by atoms with Gasteiger partial charge in [0.1, 0.15) is 0 Å². The number of aromatic nitrogens is 1. The molecule has 0 fully saturated rings. The molecule has 0 spiro atoms. The van der Waals surface area contributed by atoms with E-state index in [0.29, 0.717) is 12.8 Å². The third kappa shape index (κ3) is 3.23. The molecule has 21 heavy (non-hydrogen) atoms. The largest absolute Gasteiger partial charge is 0.384 e. The van der Waals surface area contributed by atoms with Crippen LogP contribution >= 0.6 is 0 Å². The van der Waals surface area contributed by atoms with Gasteiger partial charge in [0.25, 0.3) is 0 Å². The van der Waals surface area contributed by atoms with Crippen molar-refractivity contribution in [2.45, 2.75) is 18.4 Å². The molecule has 2 nitrogen and oxygen atoms in total. The zero-order valence-corrected chi connectivity index (χ0v) is 11.9. The summed E-state index contributed by atoms with van der Waals surface area (Å²) < 4.78 is 0. The van der Waals surface area contributed by atoms with Gasteiger partial charge in [0.15, 0.2) is 0 Å². The molecule has 0 amide bonds. The number of hydrogen-bond donors (Lipinski definition) is 2. The normalized spacial score (nSPS) is 13.8. The van der Waals surface area contributed by atoms with E-state index >= 15 is 0 Å². The number of aromatic amines is 1. The number of nitrogens with one attached hydrogen (secondary N) is 1. The Morgan fingerprint density at radius 1 is 0.762 bits per heavy atom. The van der Waals surface area contributed by atoms with Gasteiger partial charge in [0, 0.05) is 24.7 Å². The second kappa shape index (κ2) is 5.98. The molecule has 0 saturated carbocycles. The fourth-order valence-corrected chi connectivity index (χ4v) is 2.74. The van der Waals surface area contributed by atoms with Crippen molar-refractivity contribution in [2.24, 2.45) is 0 Å². The molecule has 0 bridgehead atoms. The average molecular weight is 277 g/mol. The fourth-order valence-electron chi connectivity index (χ4n) is 2.74. The highest BCUT2D eigenvalue weighted by atomic mass is 16.3. The van der Waals surface area contributed by atoms with Crippen LogP contribution in [0.3, 0.4) is 0 Å². The summed E-state index contributed by atoms with van der Waals surface area (Å²) in [4.78, 5) is 3.19. The maximum Gasteiger partial charge on any atom is 0.0991 e. The lowest BCUT2D eigenvalue weighted by Crippen LogP contribution is -2.31. The molecular formula is C19H19NO. The lowest BCUT2D eigenvalue weighted by molar-refractivity contribution is 0.0362. The van der Waals surface area contributed by atoms with Crippen LogP contribution in [0, 0.1) is 0 Å². The van der Waals surface area contributed by atoms with Crippen molar-refractivity contribution in [3.63, 3.8) is 0 Å². The highest BCUT2D eigenvalue weighted by Gasteiger charge is 2.30. The third-order valence-electron chi connectivity index (χ3n) is 3.80. The SMILES string of the molecule is OC(Cc1ccccc1)(Cc1ccc[nH]1)c1ccccc1. The summed E-state index contributed by atoms with van der Waals surface area (Å²) in [5.41, 5.74) is 2.21. The van der Waals surface area contributed by atoms with Crippen LogP contribution in [0.15, 0.2) is 79.0 Å². The summed E-state index contributed by atoms with van der Waals surface area (Å²) >= 11 is 0. The molecular weight excluding hydrogens is 258 g/mol. The van der Waals surface area contributed by atoms with Crippen molar-refractivity contribution >= 4 is 0 Å². The van der Waals surface area contributed by atoms with Crippen LogP contribution in [0.25, 0.3) is 0 Å². The molecule has 0 aliphatic heterocycles. The number of aliphatic hydroxyl groups is 1. The van der Waals surface area contributed by atoms with E-state index in [1.807, 2.05) is 66.9 Å². The second-order valence-electron chi connectivity index (χ2n) is 5.43. The molecule has 1 atom stereocenters. The van der Waals surface area contributed by atoms with Crippen LogP contribution in [0.2, 0.25) is 0 Å². The van der Waals surface area contributed by atoms with E-state index in [-0.39, 0.29) is 0 Å². The number of benzene rings is 2. The summed E-state index contributed by atoms with van der Waals surface area (Å²) in [6, 6.07) is 24.0. The van der Waals surface area contributed by atoms with Crippen LogP contribution in [-0.4, -0.2) is 10.1 Å². The van der Waals surface area contributed by atoms with Gasteiger partial charge in [0.2, 0.25) is 0 Å². The van der Waals surface area contributed by atoms with E-state index in [9.17, 15) is 5.11 Å². The van der Waals surface area contributed by atoms with Crippen LogP contribution < -0.4 is 0 Å². The maximum absolute atomic E-state index is 11.3. The third-order valence-corrected chi connectivity index (χ3v) is 3.80. The topological polar surface area (TPSA) is 36.0 Å². The van der Waals surface area contributed by atoms with Gasteiger partial charge in [-0.2, -0.15) is 0 Å². The Kier molecular flexibility index (Phi) is 3.89. The zero-order chi connectivity index (χ0) is 14.5. The van der Waals surface area contributed by atoms with Gasteiger partial charge in [-0.05, 0) is 23.3 Å². The molecule has 3 rings (SSSR count). The van der Waals surface area contributed by atoms with Crippen LogP contribution in [0.4, 0.5) is 0 Å². The molecule has 2 heteroatoms. The van der Waals surface area contributed by atoms with E-state index in [1.54, 1.807) is 0 Å². The van der Waals surface area contributed by atoms with Gasteiger partial charge in [-0.1, -0.05) is 60.7 Å². The molecule has 0 radical (unpaired) electrons. The average Bonchev–Trinajstić information content (AvgIpc) is 3.02. The first-order valence-corrected chi connectivity index (χ1v) is 7.20. The van der Waals surface area contributed by atoms with Crippen molar-refractivity contribution < 1.29 is 5.11 Å². The van der Waals surface area contributed by atoms with Crippen molar-refractivity contribution in [3.05, 3.63) is 95.8 Å². The first-order chi connectivity index (χ1) is 10.3. The Labute approximate surface area is 125 Å². The molecule has 0 aliphatic rings. The Balaban J connectivity index is 1.94. The van der Waals surface area contributed by atoms with Crippen LogP contribution in [0.5, 0.6) is 0 Å². The molecule has 1 heterocycles.